The molecule has 0 spiro atoms. The molecular weight excluding hydrogens is 290 g/mol. The molecular formula is C17H29N5O. The topological polar surface area (TPSA) is 53.4 Å². The van der Waals surface area contributed by atoms with Crippen molar-refractivity contribution in [2.24, 2.45) is 7.05 Å². The molecule has 0 radical (unpaired) electrons. The number of nitrogens with one attached hydrogen (secondary N) is 1. The average molecular weight is 319 g/mol. The van der Waals surface area contributed by atoms with E-state index in [1.807, 2.05) is 6.07 Å². The van der Waals surface area contributed by atoms with Gasteiger partial charge >= 0.3 is 0 Å². The molecule has 0 bridgehead atoms. The van der Waals surface area contributed by atoms with Crippen molar-refractivity contribution in [3.05, 3.63) is 22.5 Å². The summed E-state index contributed by atoms with van der Waals surface area (Å²) in [6, 6.07) is 4.62. The van der Waals surface area contributed by atoms with Crippen molar-refractivity contribution in [3.63, 3.8) is 0 Å². The third kappa shape index (κ3) is 4.12. The first-order valence-electron chi connectivity index (χ1n) is 8.86. The molecule has 0 amide bonds. The zero-order chi connectivity index (χ0) is 16.2. The summed E-state index contributed by atoms with van der Waals surface area (Å²) in [4.78, 5) is 16.3. The molecule has 128 valence electrons. The van der Waals surface area contributed by atoms with Crippen molar-refractivity contribution in [1.29, 1.82) is 0 Å². The van der Waals surface area contributed by atoms with E-state index < -0.39 is 0 Å². The number of aryl methyl sites for hydroxylation is 1. The molecule has 2 saturated heterocycles. The third-order valence-corrected chi connectivity index (χ3v) is 5.23. The van der Waals surface area contributed by atoms with Gasteiger partial charge in [0.2, 0.25) is 0 Å². The Bertz CT molecular complexity index is 564. The Hall–Kier alpha value is -1.40. The fourth-order valence-corrected chi connectivity index (χ4v) is 3.67. The molecule has 2 aliphatic rings. The molecule has 1 unspecified atom stereocenters. The quantitative estimate of drug-likeness (QED) is 0.891. The number of hydrogen-bond acceptors (Lipinski definition) is 5. The van der Waals surface area contributed by atoms with Crippen molar-refractivity contribution in [3.8, 4) is 0 Å². The number of rotatable bonds is 4. The first kappa shape index (κ1) is 16.5. The molecule has 1 aromatic heterocycles. The number of hydrogen-bond donors (Lipinski definition) is 1. The third-order valence-electron chi connectivity index (χ3n) is 5.23. The van der Waals surface area contributed by atoms with Crippen molar-refractivity contribution in [2.45, 2.75) is 44.2 Å². The Labute approximate surface area is 138 Å². The standard InChI is InChI=1S/C17H29N5O/c1-20-11-8-14(9-12-20)18-13-15-5-3-4-10-22(15)16-6-7-17(23)21(2)19-16/h6-7,14-15,18H,3-5,8-13H2,1-2H3. The van der Waals surface area contributed by atoms with Gasteiger partial charge in [-0.25, -0.2) is 4.68 Å². The zero-order valence-electron chi connectivity index (χ0n) is 14.4. The van der Waals surface area contributed by atoms with Crippen LogP contribution in [-0.4, -0.2) is 60.0 Å². The van der Waals surface area contributed by atoms with Crippen molar-refractivity contribution in [2.75, 3.05) is 38.1 Å². The van der Waals surface area contributed by atoms with Gasteiger partial charge in [0.1, 0.15) is 5.82 Å². The lowest BCUT2D eigenvalue weighted by molar-refractivity contribution is 0.231. The molecule has 23 heavy (non-hydrogen) atoms. The zero-order valence-corrected chi connectivity index (χ0v) is 14.4. The maximum atomic E-state index is 11.6. The number of nitrogens with zero attached hydrogens (tertiary/aromatic N) is 4. The predicted molar refractivity (Wildman–Crippen MR) is 93.0 cm³/mol. The fraction of sp³-hybridized carbons (Fsp3) is 0.765. The number of aromatic nitrogens is 2. The van der Waals surface area contributed by atoms with Gasteiger partial charge < -0.3 is 15.1 Å². The summed E-state index contributed by atoms with van der Waals surface area (Å²) in [5.41, 5.74) is -0.0493. The minimum Gasteiger partial charge on any atom is -0.351 e. The van der Waals surface area contributed by atoms with Crippen LogP contribution in [0.25, 0.3) is 0 Å². The van der Waals surface area contributed by atoms with E-state index in [0.717, 1.165) is 18.9 Å². The van der Waals surface area contributed by atoms with E-state index in [1.165, 1.54) is 49.9 Å². The van der Waals surface area contributed by atoms with Crippen LogP contribution in [0.1, 0.15) is 32.1 Å². The molecule has 0 aliphatic carbocycles. The van der Waals surface area contributed by atoms with Crippen molar-refractivity contribution < 1.29 is 0 Å². The molecule has 3 heterocycles. The molecule has 1 aromatic rings. The highest BCUT2D eigenvalue weighted by molar-refractivity contribution is 5.38. The largest absolute Gasteiger partial charge is 0.351 e. The second-order valence-electron chi connectivity index (χ2n) is 6.98. The predicted octanol–water partition coefficient (Wildman–Crippen LogP) is 0.823. The highest BCUT2D eigenvalue weighted by atomic mass is 16.1. The lowest BCUT2D eigenvalue weighted by Gasteiger charge is -2.38. The number of anilines is 1. The van der Waals surface area contributed by atoms with Gasteiger partial charge in [-0.1, -0.05) is 0 Å². The van der Waals surface area contributed by atoms with E-state index in [9.17, 15) is 4.79 Å². The van der Waals surface area contributed by atoms with Gasteiger partial charge in [-0.3, -0.25) is 4.79 Å². The van der Waals surface area contributed by atoms with Crippen LogP contribution in [0.3, 0.4) is 0 Å². The van der Waals surface area contributed by atoms with Crippen LogP contribution in [0.2, 0.25) is 0 Å². The Balaban J connectivity index is 1.62. The Kier molecular flexibility index (Phi) is 5.33. The van der Waals surface area contributed by atoms with Gasteiger partial charge in [0.15, 0.2) is 0 Å². The van der Waals surface area contributed by atoms with Crippen molar-refractivity contribution in [1.82, 2.24) is 20.0 Å². The van der Waals surface area contributed by atoms with E-state index in [-0.39, 0.29) is 5.56 Å². The van der Waals surface area contributed by atoms with Gasteiger partial charge in [0.05, 0.1) is 0 Å². The summed E-state index contributed by atoms with van der Waals surface area (Å²) >= 11 is 0. The minimum atomic E-state index is -0.0493. The van der Waals surface area contributed by atoms with E-state index in [2.05, 4.69) is 27.3 Å². The lowest BCUT2D eigenvalue weighted by atomic mass is 10.0. The summed E-state index contributed by atoms with van der Waals surface area (Å²) in [6.07, 6.45) is 6.16. The van der Waals surface area contributed by atoms with Crippen LogP contribution in [0.15, 0.2) is 16.9 Å². The molecule has 2 fully saturated rings. The van der Waals surface area contributed by atoms with Crippen molar-refractivity contribution >= 4 is 5.82 Å². The molecule has 1 N–H and O–H groups in total. The van der Waals surface area contributed by atoms with Crippen LogP contribution in [0.5, 0.6) is 0 Å². The summed E-state index contributed by atoms with van der Waals surface area (Å²) < 4.78 is 1.44. The summed E-state index contributed by atoms with van der Waals surface area (Å²) in [5, 5.41) is 8.22. The van der Waals surface area contributed by atoms with E-state index in [4.69, 9.17) is 0 Å². The molecule has 0 saturated carbocycles. The van der Waals surface area contributed by atoms with Gasteiger partial charge in [-0.2, -0.15) is 5.10 Å². The monoisotopic (exact) mass is 319 g/mol. The number of piperidine rings is 2. The van der Waals surface area contributed by atoms with E-state index in [1.54, 1.807) is 13.1 Å². The van der Waals surface area contributed by atoms with Gasteiger partial charge in [-0.15, -0.1) is 0 Å². The van der Waals surface area contributed by atoms with E-state index in [0.29, 0.717) is 12.1 Å². The summed E-state index contributed by atoms with van der Waals surface area (Å²) in [7, 11) is 3.92. The Morgan fingerprint density at radius 1 is 1.13 bits per heavy atom. The summed E-state index contributed by atoms with van der Waals surface area (Å²) in [6.45, 7) is 4.42. The van der Waals surface area contributed by atoms with Gasteiger partial charge in [0.25, 0.3) is 5.56 Å². The SMILES string of the molecule is CN1CCC(NCC2CCCCN2c2ccc(=O)n(C)n2)CC1. The molecule has 1 atom stereocenters. The maximum Gasteiger partial charge on any atom is 0.266 e. The first-order chi connectivity index (χ1) is 11.1. The van der Waals surface area contributed by atoms with Crippen LogP contribution in [0, 0.1) is 0 Å². The van der Waals surface area contributed by atoms with Crippen LogP contribution in [0.4, 0.5) is 5.82 Å². The second-order valence-corrected chi connectivity index (χ2v) is 6.98. The van der Waals surface area contributed by atoms with Gasteiger partial charge in [-0.05, 0) is 58.3 Å². The fourth-order valence-electron chi connectivity index (χ4n) is 3.67. The molecule has 6 heteroatoms. The Morgan fingerprint density at radius 3 is 2.65 bits per heavy atom. The number of likely N-dealkylation sites (tertiary alicyclic amines) is 1. The highest BCUT2D eigenvalue weighted by Crippen LogP contribution is 2.22. The normalized spacial score (nSPS) is 24.1. The summed E-state index contributed by atoms with van der Waals surface area (Å²) in [5.74, 6) is 0.932. The molecule has 6 nitrogen and oxygen atoms in total. The molecule has 0 aromatic carbocycles. The minimum absolute atomic E-state index is 0.0493. The average Bonchev–Trinajstić information content (AvgIpc) is 2.57. The van der Waals surface area contributed by atoms with E-state index >= 15 is 0 Å². The molecule has 3 rings (SSSR count). The van der Waals surface area contributed by atoms with Gasteiger partial charge in [0, 0.05) is 38.3 Å². The first-order valence-corrected chi connectivity index (χ1v) is 8.86. The highest BCUT2D eigenvalue weighted by Gasteiger charge is 2.25. The second kappa shape index (κ2) is 7.45. The smallest absolute Gasteiger partial charge is 0.266 e. The van der Waals surface area contributed by atoms with Crippen LogP contribution in [-0.2, 0) is 7.05 Å². The lowest BCUT2D eigenvalue weighted by Crippen LogP contribution is -2.50. The molecule has 2 aliphatic heterocycles. The Morgan fingerprint density at radius 2 is 1.91 bits per heavy atom. The van der Waals surface area contributed by atoms with Crippen LogP contribution >= 0.6 is 0 Å². The maximum absolute atomic E-state index is 11.6. The van der Waals surface area contributed by atoms with Crippen LogP contribution < -0.4 is 15.8 Å².